The molecule has 0 unspecified atom stereocenters. The standard InChI is InChI=1S/C10H20O4/c11-7-3-1-2-6-10(13)14-9-5-4-8-12/h11-12H,1-9H2. The van der Waals surface area contributed by atoms with Gasteiger partial charge in [-0.2, -0.15) is 0 Å². The SMILES string of the molecule is O=C(CCCCCO)OCCCCO. The molecule has 0 radical (unpaired) electrons. The monoisotopic (exact) mass is 204 g/mol. The maximum Gasteiger partial charge on any atom is 0.305 e. The van der Waals surface area contributed by atoms with E-state index < -0.39 is 0 Å². The molecular weight excluding hydrogens is 184 g/mol. The predicted molar refractivity (Wildman–Crippen MR) is 52.8 cm³/mol. The summed E-state index contributed by atoms with van der Waals surface area (Å²) in [5.41, 5.74) is 0. The van der Waals surface area contributed by atoms with Crippen molar-refractivity contribution in [3.63, 3.8) is 0 Å². The first kappa shape index (κ1) is 13.4. The Morgan fingerprint density at radius 1 is 0.929 bits per heavy atom. The van der Waals surface area contributed by atoms with E-state index in [0.717, 1.165) is 25.7 Å². The third-order valence-corrected chi connectivity index (χ3v) is 1.85. The van der Waals surface area contributed by atoms with Crippen LogP contribution in [0.2, 0.25) is 0 Å². The molecule has 0 bridgehead atoms. The molecule has 0 heterocycles. The number of hydrogen-bond donors (Lipinski definition) is 2. The average molecular weight is 204 g/mol. The van der Waals surface area contributed by atoms with Gasteiger partial charge in [-0.25, -0.2) is 0 Å². The Hall–Kier alpha value is -0.610. The molecule has 0 aliphatic carbocycles. The summed E-state index contributed by atoms with van der Waals surface area (Å²) in [6, 6.07) is 0. The van der Waals surface area contributed by atoms with E-state index in [0.29, 0.717) is 19.4 Å². The first-order valence-corrected chi connectivity index (χ1v) is 5.18. The molecule has 4 heteroatoms. The highest BCUT2D eigenvalue weighted by atomic mass is 16.5. The molecule has 14 heavy (non-hydrogen) atoms. The number of esters is 1. The smallest absolute Gasteiger partial charge is 0.305 e. The van der Waals surface area contributed by atoms with Gasteiger partial charge in [0.1, 0.15) is 0 Å². The van der Waals surface area contributed by atoms with Gasteiger partial charge >= 0.3 is 5.97 Å². The quantitative estimate of drug-likeness (QED) is 0.431. The van der Waals surface area contributed by atoms with E-state index in [4.69, 9.17) is 14.9 Å². The summed E-state index contributed by atoms with van der Waals surface area (Å²) in [5, 5.41) is 17.0. The van der Waals surface area contributed by atoms with Gasteiger partial charge in [-0.1, -0.05) is 6.42 Å². The van der Waals surface area contributed by atoms with E-state index in [9.17, 15) is 4.79 Å². The van der Waals surface area contributed by atoms with E-state index in [1.165, 1.54) is 0 Å². The molecule has 84 valence electrons. The minimum absolute atomic E-state index is 0.147. The molecule has 0 aliphatic rings. The van der Waals surface area contributed by atoms with Crippen molar-refractivity contribution in [2.24, 2.45) is 0 Å². The Labute approximate surface area is 84.9 Å². The van der Waals surface area contributed by atoms with E-state index >= 15 is 0 Å². The Bertz CT molecular complexity index is 122. The molecule has 0 aromatic heterocycles. The molecule has 0 amide bonds. The maximum absolute atomic E-state index is 11.0. The topological polar surface area (TPSA) is 66.8 Å². The lowest BCUT2D eigenvalue weighted by Crippen LogP contribution is -2.06. The number of carbonyl (C=O) groups is 1. The van der Waals surface area contributed by atoms with Crippen LogP contribution in [-0.4, -0.2) is 36.0 Å². The summed E-state index contributed by atoms with van der Waals surface area (Å²) in [6.07, 6.45) is 4.22. The zero-order valence-corrected chi connectivity index (χ0v) is 8.57. The second-order valence-electron chi connectivity index (χ2n) is 3.19. The molecule has 0 spiro atoms. The van der Waals surface area contributed by atoms with Crippen molar-refractivity contribution in [2.75, 3.05) is 19.8 Å². The largest absolute Gasteiger partial charge is 0.466 e. The zero-order valence-electron chi connectivity index (χ0n) is 8.57. The Kier molecular flexibility index (Phi) is 10.0. The fourth-order valence-electron chi connectivity index (χ4n) is 1.03. The van der Waals surface area contributed by atoms with E-state index in [-0.39, 0.29) is 19.2 Å². The van der Waals surface area contributed by atoms with Crippen LogP contribution < -0.4 is 0 Å². The lowest BCUT2D eigenvalue weighted by molar-refractivity contribution is -0.143. The van der Waals surface area contributed by atoms with Crippen molar-refractivity contribution in [3.05, 3.63) is 0 Å². The molecule has 0 rings (SSSR count). The van der Waals surface area contributed by atoms with Gasteiger partial charge in [-0.3, -0.25) is 4.79 Å². The maximum atomic E-state index is 11.0. The highest BCUT2D eigenvalue weighted by Gasteiger charge is 2.01. The number of ether oxygens (including phenoxy) is 1. The van der Waals surface area contributed by atoms with Crippen LogP contribution >= 0.6 is 0 Å². The number of hydrogen-bond acceptors (Lipinski definition) is 4. The van der Waals surface area contributed by atoms with Gasteiger partial charge in [0.25, 0.3) is 0 Å². The first-order chi connectivity index (χ1) is 6.81. The first-order valence-electron chi connectivity index (χ1n) is 5.18. The summed E-state index contributed by atoms with van der Waals surface area (Å²) in [6.45, 7) is 0.735. The van der Waals surface area contributed by atoms with Crippen molar-refractivity contribution in [1.29, 1.82) is 0 Å². The van der Waals surface area contributed by atoms with E-state index in [2.05, 4.69) is 0 Å². The van der Waals surface area contributed by atoms with Crippen LogP contribution in [-0.2, 0) is 9.53 Å². The highest BCUT2D eigenvalue weighted by Crippen LogP contribution is 2.01. The molecule has 0 aliphatic heterocycles. The van der Waals surface area contributed by atoms with Crippen LogP contribution in [0.3, 0.4) is 0 Å². The Morgan fingerprint density at radius 2 is 1.57 bits per heavy atom. The van der Waals surface area contributed by atoms with E-state index in [1.54, 1.807) is 0 Å². The number of unbranched alkanes of at least 4 members (excludes halogenated alkanes) is 3. The summed E-state index contributed by atoms with van der Waals surface area (Å²) in [5.74, 6) is -0.180. The normalized spacial score (nSPS) is 10.1. The minimum atomic E-state index is -0.180. The molecule has 0 aromatic carbocycles. The molecule has 0 saturated carbocycles. The zero-order chi connectivity index (χ0) is 10.6. The van der Waals surface area contributed by atoms with Crippen molar-refractivity contribution >= 4 is 5.97 Å². The van der Waals surface area contributed by atoms with Crippen LogP contribution in [0.25, 0.3) is 0 Å². The van der Waals surface area contributed by atoms with Crippen molar-refractivity contribution < 1.29 is 19.7 Å². The molecule has 2 N–H and O–H groups in total. The van der Waals surface area contributed by atoms with Crippen LogP contribution in [0.15, 0.2) is 0 Å². The van der Waals surface area contributed by atoms with Crippen molar-refractivity contribution in [2.45, 2.75) is 38.5 Å². The molecule has 0 atom stereocenters. The molecular formula is C10H20O4. The number of rotatable bonds is 9. The summed E-state index contributed by atoms with van der Waals surface area (Å²) in [7, 11) is 0. The molecule has 4 nitrogen and oxygen atoms in total. The van der Waals surface area contributed by atoms with Crippen LogP contribution in [0.5, 0.6) is 0 Å². The summed E-state index contributed by atoms with van der Waals surface area (Å²) in [4.78, 5) is 11.0. The van der Waals surface area contributed by atoms with Crippen LogP contribution in [0.4, 0.5) is 0 Å². The van der Waals surface area contributed by atoms with Gasteiger partial charge in [0, 0.05) is 19.6 Å². The van der Waals surface area contributed by atoms with Gasteiger partial charge in [0.2, 0.25) is 0 Å². The predicted octanol–water partition coefficient (Wildman–Crippen LogP) is 0.855. The second-order valence-corrected chi connectivity index (χ2v) is 3.19. The number of aliphatic hydroxyl groups excluding tert-OH is 2. The minimum Gasteiger partial charge on any atom is -0.466 e. The highest BCUT2D eigenvalue weighted by molar-refractivity contribution is 5.69. The average Bonchev–Trinajstić information content (AvgIpc) is 2.19. The van der Waals surface area contributed by atoms with Gasteiger partial charge in [-0.15, -0.1) is 0 Å². The lowest BCUT2D eigenvalue weighted by atomic mass is 10.2. The van der Waals surface area contributed by atoms with Gasteiger partial charge < -0.3 is 14.9 Å². The van der Waals surface area contributed by atoms with Gasteiger partial charge in [0.05, 0.1) is 6.61 Å². The molecule has 0 fully saturated rings. The lowest BCUT2D eigenvalue weighted by Gasteiger charge is -2.03. The fourth-order valence-corrected chi connectivity index (χ4v) is 1.03. The van der Waals surface area contributed by atoms with Crippen molar-refractivity contribution in [1.82, 2.24) is 0 Å². The third-order valence-electron chi connectivity index (χ3n) is 1.85. The Morgan fingerprint density at radius 3 is 2.21 bits per heavy atom. The summed E-state index contributed by atoms with van der Waals surface area (Å²) >= 11 is 0. The summed E-state index contributed by atoms with van der Waals surface area (Å²) < 4.78 is 4.91. The van der Waals surface area contributed by atoms with Crippen LogP contribution in [0.1, 0.15) is 38.5 Å². The van der Waals surface area contributed by atoms with E-state index in [1.807, 2.05) is 0 Å². The fraction of sp³-hybridized carbons (Fsp3) is 0.900. The number of aliphatic hydroxyl groups is 2. The third kappa shape index (κ3) is 9.48. The molecule has 0 aromatic rings. The van der Waals surface area contributed by atoms with Gasteiger partial charge in [-0.05, 0) is 25.7 Å². The van der Waals surface area contributed by atoms with Gasteiger partial charge in [0.15, 0.2) is 0 Å². The second kappa shape index (κ2) is 10.5. The molecule has 0 saturated heterocycles. The van der Waals surface area contributed by atoms with Crippen LogP contribution in [0, 0.1) is 0 Å². The Balaban J connectivity index is 3.11. The number of carbonyl (C=O) groups excluding carboxylic acids is 1. The van der Waals surface area contributed by atoms with Crippen molar-refractivity contribution in [3.8, 4) is 0 Å².